The molecule has 1 aromatic carbocycles. The Morgan fingerprint density at radius 3 is 2.61 bits per heavy atom. The molecule has 8 heteroatoms. The molecular formula is C15H20ClF3N2O2. The normalized spacial score (nSPS) is 20.7. The van der Waals surface area contributed by atoms with Gasteiger partial charge in [0.25, 0.3) is 0 Å². The lowest BCUT2D eigenvalue weighted by molar-refractivity contribution is -0.138. The van der Waals surface area contributed by atoms with Crippen molar-refractivity contribution in [3.8, 4) is 5.75 Å². The zero-order chi connectivity index (χ0) is 16.3. The molecule has 0 radical (unpaired) electrons. The summed E-state index contributed by atoms with van der Waals surface area (Å²) in [5.41, 5.74) is 4.96. The van der Waals surface area contributed by atoms with E-state index in [4.69, 9.17) is 10.5 Å². The summed E-state index contributed by atoms with van der Waals surface area (Å²) in [7, 11) is 1.31. The first kappa shape index (κ1) is 19.6. The van der Waals surface area contributed by atoms with Crippen molar-refractivity contribution in [2.45, 2.75) is 38.0 Å². The third-order valence-corrected chi connectivity index (χ3v) is 3.92. The highest BCUT2D eigenvalue weighted by molar-refractivity contribution is 5.85. The summed E-state index contributed by atoms with van der Waals surface area (Å²) in [5.74, 6) is -0.316. The fourth-order valence-corrected chi connectivity index (χ4v) is 2.68. The maximum atomic E-state index is 13.1. The number of nitrogens with two attached hydrogens (primary N) is 1. The van der Waals surface area contributed by atoms with Crippen LogP contribution in [0.2, 0.25) is 0 Å². The molecule has 0 aromatic heterocycles. The molecular weight excluding hydrogens is 333 g/mol. The second-order valence-electron chi connectivity index (χ2n) is 5.51. The first-order valence-electron chi connectivity index (χ1n) is 7.08. The summed E-state index contributed by atoms with van der Waals surface area (Å²) < 4.78 is 44.0. The molecule has 2 atom stereocenters. The number of carbonyl (C=O) groups excluding carboxylic acids is 1. The topological polar surface area (TPSA) is 64.3 Å². The van der Waals surface area contributed by atoms with Gasteiger partial charge in [-0.15, -0.1) is 12.4 Å². The Morgan fingerprint density at radius 2 is 2.09 bits per heavy atom. The van der Waals surface area contributed by atoms with E-state index >= 15 is 0 Å². The number of amides is 1. The van der Waals surface area contributed by atoms with Gasteiger partial charge in [-0.25, -0.2) is 0 Å². The van der Waals surface area contributed by atoms with E-state index in [1.165, 1.54) is 19.2 Å². The average Bonchev–Trinajstić information content (AvgIpc) is 2.90. The maximum absolute atomic E-state index is 13.1. The number of methoxy groups -OCH3 is 1. The minimum atomic E-state index is -4.50. The Labute approximate surface area is 139 Å². The van der Waals surface area contributed by atoms with Gasteiger partial charge in [0.1, 0.15) is 5.75 Å². The van der Waals surface area contributed by atoms with Crippen LogP contribution in [0.4, 0.5) is 13.2 Å². The van der Waals surface area contributed by atoms with Gasteiger partial charge in [-0.2, -0.15) is 13.2 Å². The molecule has 2 rings (SSSR count). The number of hydrogen-bond donors (Lipinski definition) is 2. The minimum absolute atomic E-state index is 0. The molecule has 0 spiro atoms. The summed E-state index contributed by atoms with van der Waals surface area (Å²) in [4.78, 5) is 12.0. The van der Waals surface area contributed by atoms with Crippen LogP contribution in [0.15, 0.2) is 18.2 Å². The fraction of sp³-hybridized carbons (Fsp3) is 0.533. The second kappa shape index (κ2) is 7.88. The van der Waals surface area contributed by atoms with Crippen LogP contribution in [0.5, 0.6) is 5.75 Å². The van der Waals surface area contributed by atoms with Crippen molar-refractivity contribution in [1.82, 2.24) is 5.32 Å². The molecule has 2 unspecified atom stereocenters. The number of nitrogens with one attached hydrogen (secondary N) is 1. The van der Waals surface area contributed by atoms with Gasteiger partial charge in [0.2, 0.25) is 5.91 Å². The van der Waals surface area contributed by atoms with Gasteiger partial charge in [-0.1, -0.05) is 6.07 Å². The lowest BCUT2D eigenvalue weighted by Gasteiger charge is -2.16. The molecule has 1 aromatic rings. The standard InChI is InChI=1S/C15H19F3N2O2.ClH/c1-22-12-5-3-10(13(7-12)15(16,17)18)8-20-14(21)9-2-4-11(19)6-9;/h3,5,7,9,11H,2,4,6,8,19H2,1H3,(H,20,21);1H. The molecule has 0 heterocycles. The van der Waals surface area contributed by atoms with Gasteiger partial charge in [0.05, 0.1) is 12.7 Å². The molecule has 1 aliphatic rings. The first-order chi connectivity index (χ1) is 10.3. The highest BCUT2D eigenvalue weighted by Gasteiger charge is 2.34. The molecule has 1 saturated carbocycles. The predicted octanol–water partition coefficient (Wildman–Crippen LogP) is 2.88. The Morgan fingerprint density at radius 1 is 1.39 bits per heavy atom. The van der Waals surface area contributed by atoms with Gasteiger partial charge in [-0.3, -0.25) is 4.79 Å². The van der Waals surface area contributed by atoms with Crippen molar-refractivity contribution in [3.63, 3.8) is 0 Å². The van der Waals surface area contributed by atoms with Gasteiger partial charge < -0.3 is 15.8 Å². The molecule has 0 bridgehead atoms. The lowest BCUT2D eigenvalue weighted by Crippen LogP contribution is -2.30. The Hall–Kier alpha value is -1.47. The van der Waals surface area contributed by atoms with E-state index in [0.29, 0.717) is 12.8 Å². The van der Waals surface area contributed by atoms with Crippen LogP contribution >= 0.6 is 12.4 Å². The molecule has 0 aliphatic heterocycles. The van der Waals surface area contributed by atoms with Crippen molar-refractivity contribution in [1.29, 1.82) is 0 Å². The fourth-order valence-electron chi connectivity index (χ4n) is 2.68. The van der Waals surface area contributed by atoms with Crippen LogP contribution in [0.3, 0.4) is 0 Å². The molecule has 23 heavy (non-hydrogen) atoms. The number of halogens is 4. The van der Waals surface area contributed by atoms with Crippen molar-refractivity contribution in [2.24, 2.45) is 11.7 Å². The number of hydrogen-bond acceptors (Lipinski definition) is 3. The maximum Gasteiger partial charge on any atom is 0.416 e. The molecule has 1 amide bonds. The first-order valence-corrected chi connectivity index (χ1v) is 7.08. The molecule has 0 saturated heterocycles. The average molecular weight is 353 g/mol. The quantitative estimate of drug-likeness (QED) is 0.875. The van der Waals surface area contributed by atoms with E-state index in [1.54, 1.807) is 0 Å². The molecule has 130 valence electrons. The van der Waals surface area contributed by atoms with E-state index < -0.39 is 11.7 Å². The van der Waals surface area contributed by atoms with Crippen molar-refractivity contribution >= 4 is 18.3 Å². The summed E-state index contributed by atoms with van der Waals surface area (Å²) in [6.07, 6.45) is -2.46. The molecule has 4 nitrogen and oxygen atoms in total. The van der Waals surface area contributed by atoms with Crippen LogP contribution in [-0.2, 0) is 17.5 Å². The summed E-state index contributed by atoms with van der Waals surface area (Å²) in [5, 5.41) is 2.58. The molecule has 1 fully saturated rings. The molecule has 3 N–H and O–H groups in total. The Bertz CT molecular complexity index is 552. The van der Waals surface area contributed by atoms with Crippen LogP contribution in [0.25, 0.3) is 0 Å². The highest BCUT2D eigenvalue weighted by atomic mass is 35.5. The number of alkyl halides is 3. The zero-order valence-corrected chi connectivity index (χ0v) is 13.5. The van der Waals surface area contributed by atoms with Crippen molar-refractivity contribution in [3.05, 3.63) is 29.3 Å². The second-order valence-corrected chi connectivity index (χ2v) is 5.51. The Kier molecular flexibility index (Phi) is 6.70. The number of rotatable bonds is 4. The van der Waals surface area contributed by atoms with Gasteiger partial charge in [0, 0.05) is 18.5 Å². The van der Waals surface area contributed by atoms with Crippen LogP contribution in [0, 0.1) is 5.92 Å². The summed E-state index contributed by atoms with van der Waals surface area (Å²) >= 11 is 0. The van der Waals surface area contributed by atoms with E-state index in [0.717, 1.165) is 12.5 Å². The Balaban J connectivity index is 0.00000264. The number of benzene rings is 1. The smallest absolute Gasteiger partial charge is 0.416 e. The largest absolute Gasteiger partial charge is 0.497 e. The van der Waals surface area contributed by atoms with Gasteiger partial charge in [0.15, 0.2) is 0 Å². The third-order valence-electron chi connectivity index (χ3n) is 3.92. The van der Waals surface area contributed by atoms with E-state index in [-0.39, 0.29) is 48.1 Å². The van der Waals surface area contributed by atoms with Gasteiger partial charge in [-0.05, 0) is 37.0 Å². The van der Waals surface area contributed by atoms with Crippen LogP contribution in [0.1, 0.15) is 30.4 Å². The predicted molar refractivity (Wildman–Crippen MR) is 82.4 cm³/mol. The summed E-state index contributed by atoms with van der Waals surface area (Å²) in [6.45, 7) is -0.163. The monoisotopic (exact) mass is 352 g/mol. The van der Waals surface area contributed by atoms with E-state index in [9.17, 15) is 18.0 Å². The minimum Gasteiger partial charge on any atom is -0.497 e. The van der Waals surface area contributed by atoms with Crippen LogP contribution < -0.4 is 15.8 Å². The van der Waals surface area contributed by atoms with Crippen molar-refractivity contribution in [2.75, 3.05) is 7.11 Å². The summed E-state index contributed by atoms with van der Waals surface area (Å²) in [6, 6.07) is 3.71. The zero-order valence-electron chi connectivity index (χ0n) is 12.7. The van der Waals surface area contributed by atoms with Gasteiger partial charge >= 0.3 is 6.18 Å². The number of ether oxygens (including phenoxy) is 1. The molecule has 1 aliphatic carbocycles. The van der Waals surface area contributed by atoms with Crippen molar-refractivity contribution < 1.29 is 22.7 Å². The highest BCUT2D eigenvalue weighted by Crippen LogP contribution is 2.34. The van der Waals surface area contributed by atoms with E-state index in [1.807, 2.05) is 0 Å². The van der Waals surface area contributed by atoms with Crippen LogP contribution in [-0.4, -0.2) is 19.1 Å². The third kappa shape index (κ3) is 5.00. The number of carbonyl (C=O) groups is 1. The lowest BCUT2D eigenvalue weighted by atomic mass is 10.0. The van der Waals surface area contributed by atoms with E-state index in [2.05, 4.69) is 5.32 Å². The SMILES string of the molecule is COc1ccc(CNC(=O)C2CCC(N)C2)c(C(F)(F)F)c1.Cl.